The molecule has 0 atom stereocenters. The number of hydrogen-bond acceptors (Lipinski definition) is 2. The molecular formula is C17H18N4S. The fourth-order valence-corrected chi connectivity index (χ4v) is 2.56. The van der Waals surface area contributed by atoms with Gasteiger partial charge in [-0.25, -0.2) is 4.98 Å². The van der Waals surface area contributed by atoms with Crippen molar-refractivity contribution in [3.63, 3.8) is 0 Å². The van der Waals surface area contributed by atoms with E-state index in [-0.39, 0.29) is 0 Å². The Kier molecular flexibility index (Phi) is 4.34. The molecule has 0 bridgehead atoms. The van der Waals surface area contributed by atoms with Crippen LogP contribution in [0.25, 0.3) is 11.0 Å². The van der Waals surface area contributed by atoms with Crippen LogP contribution in [0.3, 0.4) is 0 Å². The largest absolute Gasteiger partial charge is 0.362 e. The van der Waals surface area contributed by atoms with Crippen LogP contribution < -0.4 is 10.6 Å². The summed E-state index contributed by atoms with van der Waals surface area (Å²) in [7, 11) is 1.98. The molecule has 0 aliphatic rings. The summed E-state index contributed by atoms with van der Waals surface area (Å²) in [6.07, 6.45) is 0.936. The number of anilines is 1. The quantitative estimate of drug-likeness (QED) is 0.727. The predicted octanol–water partition coefficient (Wildman–Crippen LogP) is 3.10. The standard InChI is InChI=1S/C17H18N4S/c1-21-15-10-6-5-9-14(15)19-16(21)20-17(22)18-12-11-13-7-3-2-4-8-13/h2-10H,11-12H2,1H3,(H2,18,19,20,22). The Morgan fingerprint density at radius 1 is 1.09 bits per heavy atom. The molecule has 1 heterocycles. The van der Waals surface area contributed by atoms with Crippen molar-refractivity contribution in [3.8, 4) is 0 Å². The van der Waals surface area contributed by atoms with Crippen LogP contribution >= 0.6 is 12.2 Å². The smallest absolute Gasteiger partial charge is 0.209 e. The molecule has 0 aliphatic heterocycles. The van der Waals surface area contributed by atoms with Crippen LogP contribution in [0.1, 0.15) is 5.56 Å². The van der Waals surface area contributed by atoms with E-state index in [1.165, 1.54) is 5.56 Å². The minimum Gasteiger partial charge on any atom is -0.362 e. The molecule has 112 valence electrons. The number of nitrogens with zero attached hydrogens (tertiary/aromatic N) is 2. The number of benzene rings is 2. The molecule has 0 unspecified atom stereocenters. The number of rotatable bonds is 4. The average Bonchev–Trinajstić information content (AvgIpc) is 2.85. The van der Waals surface area contributed by atoms with Crippen molar-refractivity contribution >= 4 is 34.3 Å². The van der Waals surface area contributed by atoms with E-state index in [9.17, 15) is 0 Å². The lowest BCUT2D eigenvalue weighted by atomic mass is 10.1. The fraction of sp³-hybridized carbons (Fsp3) is 0.176. The normalized spacial score (nSPS) is 10.6. The van der Waals surface area contributed by atoms with Crippen LogP contribution in [0.4, 0.5) is 5.95 Å². The second-order valence-electron chi connectivity index (χ2n) is 5.10. The van der Waals surface area contributed by atoms with Crippen molar-refractivity contribution in [2.24, 2.45) is 7.05 Å². The zero-order valence-electron chi connectivity index (χ0n) is 12.4. The highest BCUT2D eigenvalue weighted by Gasteiger charge is 2.07. The second kappa shape index (κ2) is 6.58. The van der Waals surface area contributed by atoms with Crippen LogP contribution in [-0.2, 0) is 13.5 Å². The van der Waals surface area contributed by atoms with Crippen LogP contribution in [0, 0.1) is 0 Å². The second-order valence-corrected chi connectivity index (χ2v) is 5.51. The van der Waals surface area contributed by atoms with Gasteiger partial charge in [0.15, 0.2) is 5.11 Å². The third kappa shape index (κ3) is 3.26. The van der Waals surface area contributed by atoms with Crippen molar-refractivity contribution in [2.45, 2.75) is 6.42 Å². The fourth-order valence-electron chi connectivity index (χ4n) is 2.37. The highest BCUT2D eigenvalue weighted by molar-refractivity contribution is 7.80. The molecule has 3 rings (SSSR count). The average molecular weight is 310 g/mol. The zero-order chi connectivity index (χ0) is 15.4. The summed E-state index contributed by atoms with van der Waals surface area (Å²) in [5.41, 5.74) is 3.33. The maximum Gasteiger partial charge on any atom is 0.209 e. The maximum atomic E-state index is 5.34. The van der Waals surface area contributed by atoms with Crippen LogP contribution in [0.2, 0.25) is 0 Å². The van der Waals surface area contributed by atoms with Crippen molar-refractivity contribution in [1.82, 2.24) is 14.9 Å². The van der Waals surface area contributed by atoms with Crippen LogP contribution in [0.5, 0.6) is 0 Å². The zero-order valence-corrected chi connectivity index (χ0v) is 13.2. The lowest BCUT2D eigenvalue weighted by molar-refractivity contribution is 0.869. The molecule has 0 fully saturated rings. The molecule has 2 aromatic carbocycles. The van der Waals surface area contributed by atoms with E-state index in [1.54, 1.807) is 0 Å². The number of aromatic nitrogens is 2. The van der Waals surface area contributed by atoms with E-state index in [1.807, 2.05) is 54.1 Å². The Labute approximate surface area is 135 Å². The Balaban J connectivity index is 1.58. The number of aryl methyl sites for hydroxylation is 1. The summed E-state index contributed by atoms with van der Waals surface area (Å²) in [4.78, 5) is 4.54. The number of fused-ring (bicyclic) bond motifs is 1. The number of imidazole rings is 1. The summed E-state index contributed by atoms with van der Waals surface area (Å²) in [5, 5.41) is 6.97. The molecule has 0 aliphatic carbocycles. The van der Waals surface area contributed by atoms with Gasteiger partial charge in [0.05, 0.1) is 11.0 Å². The summed E-state index contributed by atoms with van der Waals surface area (Å²) in [6, 6.07) is 18.4. The van der Waals surface area contributed by atoms with E-state index in [2.05, 4.69) is 27.8 Å². The highest BCUT2D eigenvalue weighted by Crippen LogP contribution is 2.17. The number of hydrogen-bond donors (Lipinski definition) is 2. The third-order valence-electron chi connectivity index (χ3n) is 3.55. The summed E-state index contributed by atoms with van der Waals surface area (Å²) >= 11 is 5.34. The van der Waals surface area contributed by atoms with Gasteiger partial charge in [-0.3, -0.25) is 0 Å². The van der Waals surface area contributed by atoms with Gasteiger partial charge in [-0.2, -0.15) is 0 Å². The molecule has 0 radical (unpaired) electrons. The number of para-hydroxylation sites is 2. The predicted molar refractivity (Wildman–Crippen MR) is 95.1 cm³/mol. The van der Waals surface area contributed by atoms with Crippen molar-refractivity contribution in [1.29, 1.82) is 0 Å². The number of thiocarbonyl (C=S) groups is 1. The van der Waals surface area contributed by atoms with E-state index in [0.29, 0.717) is 5.11 Å². The van der Waals surface area contributed by atoms with Gasteiger partial charge in [-0.1, -0.05) is 42.5 Å². The van der Waals surface area contributed by atoms with Crippen LogP contribution in [0.15, 0.2) is 54.6 Å². The lowest BCUT2D eigenvalue weighted by Crippen LogP contribution is -2.31. The monoisotopic (exact) mass is 310 g/mol. The van der Waals surface area contributed by atoms with Crippen LogP contribution in [-0.4, -0.2) is 21.2 Å². The Morgan fingerprint density at radius 2 is 1.82 bits per heavy atom. The van der Waals surface area contributed by atoms with Gasteiger partial charge in [-0.15, -0.1) is 0 Å². The van der Waals surface area contributed by atoms with Gasteiger partial charge in [0.1, 0.15) is 0 Å². The lowest BCUT2D eigenvalue weighted by Gasteiger charge is -2.10. The van der Waals surface area contributed by atoms with Gasteiger partial charge in [0.2, 0.25) is 5.95 Å². The van der Waals surface area contributed by atoms with Crippen molar-refractivity contribution < 1.29 is 0 Å². The SMILES string of the molecule is Cn1c(NC(=S)NCCc2ccccc2)nc2ccccc21. The van der Waals surface area contributed by atoms with E-state index in [0.717, 1.165) is 29.9 Å². The topological polar surface area (TPSA) is 41.9 Å². The summed E-state index contributed by atoms with van der Waals surface area (Å²) < 4.78 is 2.00. The van der Waals surface area contributed by atoms with Gasteiger partial charge in [0.25, 0.3) is 0 Å². The third-order valence-corrected chi connectivity index (χ3v) is 3.80. The molecular weight excluding hydrogens is 292 g/mol. The Bertz CT molecular complexity index is 780. The Morgan fingerprint density at radius 3 is 2.59 bits per heavy atom. The van der Waals surface area contributed by atoms with Crippen molar-refractivity contribution in [3.05, 3.63) is 60.2 Å². The van der Waals surface area contributed by atoms with Crippen molar-refractivity contribution in [2.75, 3.05) is 11.9 Å². The summed E-state index contributed by atoms with van der Waals surface area (Å²) in [5.74, 6) is 0.749. The van der Waals surface area contributed by atoms with E-state index >= 15 is 0 Å². The molecule has 2 N–H and O–H groups in total. The van der Waals surface area contributed by atoms with Gasteiger partial charge in [0, 0.05) is 13.6 Å². The number of nitrogens with one attached hydrogen (secondary N) is 2. The molecule has 3 aromatic rings. The van der Waals surface area contributed by atoms with Gasteiger partial charge in [-0.05, 0) is 36.3 Å². The summed E-state index contributed by atoms with van der Waals surface area (Å²) in [6.45, 7) is 0.791. The molecule has 0 spiro atoms. The first kappa shape index (κ1) is 14.5. The van der Waals surface area contributed by atoms with Gasteiger partial charge < -0.3 is 15.2 Å². The first-order chi connectivity index (χ1) is 10.7. The molecule has 0 amide bonds. The first-order valence-corrected chi connectivity index (χ1v) is 7.65. The minimum absolute atomic E-state index is 0.592. The molecule has 5 heteroatoms. The van der Waals surface area contributed by atoms with E-state index < -0.39 is 0 Å². The maximum absolute atomic E-state index is 5.34. The Hall–Kier alpha value is -2.40. The molecule has 0 saturated carbocycles. The van der Waals surface area contributed by atoms with E-state index in [4.69, 9.17) is 12.2 Å². The molecule has 4 nitrogen and oxygen atoms in total. The minimum atomic E-state index is 0.592. The first-order valence-electron chi connectivity index (χ1n) is 7.24. The molecule has 1 aromatic heterocycles. The molecule has 0 saturated heterocycles. The molecule has 22 heavy (non-hydrogen) atoms. The van der Waals surface area contributed by atoms with Gasteiger partial charge >= 0.3 is 0 Å². The highest BCUT2D eigenvalue weighted by atomic mass is 32.1.